The Morgan fingerprint density at radius 3 is 2.38 bits per heavy atom. The first kappa shape index (κ1) is 19.0. The molecule has 0 aromatic heterocycles. The predicted octanol–water partition coefficient (Wildman–Crippen LogP) is 4.34. The molecule has 1 heterocycles. The van der Waals surface area contributed by atoms with Crippen LogP contribution in [0.4, 0.5) is 5.69 Å². The van der Waals surface area contributed by atoms with Crippen molar-refractivity contribution in [1.29, 1.82) is 0 Å². The zero-order valence-electron chi connectivity index (χ0n) is 16.4. The van der Waals surface area contributed by atoms with E-state index in [0.29, 0.717) is 42.9 Å². The maximum atomic E-state index is 12.9. The topological polar surface area (TPSA) is 58.6 Å². The SMILES string of the molecule is COc1ccccc1NC(=O)C1CCN(C(=O)c2ccc3ccccc3c2)CC1. The van der Waals surface area contributed by atoms with E-state index in [1.165, 1.54) is 0 Å². The summed E-state index contributed by atoms with van der Waals surface area (Å²) in [5.74, 6) is 0.539. The lowest BCUT2D eigenvalue weighted by Gasteiger charge is -2.31. The van der Waals surface area contributed by atoms with E-state index in [9.17, 15) is 9.59 Å². The highest BCUT2D eigenvalue weighted by Gasteiger charge is 2.28. The number of anilines is 1. The number of benzene rings is 3. The van der Waals surface area contributed by atoms with E-state index in [0.717, 1.165) is 10.8 Å². The lowest BCUT2D eigenvalue weighted by atomic mass is 9.95. The molecule has 148 valence electrons. The normalized spacial score (nSPS) is 14.6. The molecule has 2 amide bonds. The number of fused-ring (bicyclic) bond motifs is 1. The fraction of sp³-hybridized carbons (Fsp3) is 0.250. The van der Waals surface area contributed by atoms with Crippen LogP contribution in [-0.4, -0.2) is 36.9 Å². The fourth-order valence-electron chi connectivity index (χ4n) is 3.83. The number of likely N-dealkylation sites (tertiary alicyclic amines) is 1. The number of piperidine rings is 1. The molecule has 5 heteroatoms. The number of nitrogens with one attached hydrogen (secondary N) is 1. The molecule has 0 aliphatic carbocycles. The zero-order valence-corrected chi connectivity index (χ0v) is 16.4. The van der Waals surface area contributed by atoms with Crippen LogP contribution < -0.4 is 10.1 Å². The van der Waals surface area contributed by atoms with Gasteiger partial charge in [-0.2, -0.15) is 0 Å². The molecule has 0 unspecified atom stereocenters. The lowest BCUT2D eigenvalue weighted by Crippen LogP contribution is -2.41. The molecule has 29 heavy (non-hydrogen) atoms. The highest BCUT2D eigenvalue weighted by Crippen LogP contribution is 2.26. The molecule has 1 saturated heterocycles. The van der Waals surface area contributed by atoms with Crippen molar-refractivity contribution in [3.63, 3.8) is 0 Å². The third kappa shape index (κ3) is 4.09. The minimum absolute atomic E-state index is 0.0210. The van der Waals surface area contributed by atoms with Crippen LogP contribution in [0.1, 0.15) is 23.2 Å². The van der Waals surface area contributed by atoms with Gasteiger partial charge in [0.25, 0.3) is 5.91 Å². The molecule has 4 rings (SSSR count). The minimum Gasteiger partial charge on any atom is -0.495 e. The number of para-hydroxylation sites is 2. The van der Waals surface area contributed by atoms with E-state index in [2.05, 4.69) is 5.32 Å². The third-order valence-electron chi connectivity index (χ3n) is 5.51. The molecule has 1 fully saturated rings. The maximum Gasteiger partial charge on any atom is 0.253 e. The van der Waals surface area contributed by atoms with Crippen molar-refractivity contribution in [2.24, 2.45) is 5.92 Å². The van der Waals surface area contributed by atoms with Crippen LogP contribution in [0.2, 0.25) is 0 Å². The Hall–Kier alpha value is -3.34. The molecule has 0 saturated carbocycles. The molecule has 3 aromatic carbocycles. The highest BCUT2D eigenvalue weighted by atomic mass is 16.5. The van der Waals surface area contributed by atoms with Crippen molar-refractivity contribution in [3.05, 3.63) is 72.3 Å². The first-order valence-corrected chi connectivity index (χ1v) is 9.87. The molecule has 1 aliphatic rings. The number of rotatable bonds is 4. The summed E-state index contributed by atoms with van der Waals surface area (Å²) in [5.41, 5.74) is 1.37. The first-order valence-electron chi connectivity index (χ1n) is 9.87. The van der Waals surface area contributed by atoms with Gasteiger partial charge in [0.05, 0.1) is 12.8 Å². The van der Waals surface area contributed by atoms with E-state index < -0.39 is 0 Å². The summed E-state index contributed by atoms with van der Waals surface area (Å²) in [6.07, 6.45) is 1.31. The first-order chi connectivity index (χ1) is 14.2. The van der Waals surface area contributed by atoms with Crippen LogP contribution in [0.3, 0.4) is 0 Å². The lowest BCUT2D eigenvalue weighted by molar-refractivity contribution is -0.121. The average molecular weight is 388 g/mol. The maximum absolute atomic E-state index is 12.9. The predicted molar refractivity (Wildman–Crippen MR) is 114 cm³/mol. The van der Waals surface area contributed by atoms with Gasteiger partial charge in [-0.15, -0.1) is 0 Å². The Balaban J connectivity index is 1.38. The van der Waals surface area contributed by atoms with Crippen LogP contribution in [-0.2, 0) is 4.79 Å². The number of methoxy groups -OCH3 is 1. The van der Waals surface area contributed by atoms with Crippen LogP contribution >= 0.6 is 0 Å². The molecular formula is C24H24N2O3. The molecule has 0 spiro atoms. The summed E-state index contributed by atoms with van der Waals surface area (Å²) in [5, 5.41) is 5.14. The van der Waals surface area contributed by atoms with Gasteiger partial charge in [0.15, 0.2) is 0 Å². The molecule has 1 aliphatic heterocycles. The van der Waals surface area contributed by atoms with E-state index in [-0.39, 0.29) is 17.7 Å². The van der Waals surface area contributed by atoms with Crippen LogP contribution in [0, 0.1) is 5.92 Å². The second kappa shape index (κ2) is 8.35. The Bertz CT molecular complexity index is 1040. The number of amides is 2. The monoisotopic (exact) mass is 388 g/mol. The van der Waals surface area contributed by atoms with Gasteiger partial charge < -0.3 is 15.0 Å². The molecule has 5 nitrogen and oxygen atoms in total. The van der Waals surface area contributed by atoms with Gasteiger partial charge in [0.1, 0.15) is 5.75 Å². The molecular weight excluding hydrogens is 364 g/mol. The molecule has 3 aromatic rings. The van der Waals surface area contributed by atoms with E-state index in [1.807, 2.05) is 71.6 Å². The summed E-state index contributed by atoms with van der Waals surface area (Å²) in [6, 6.07) is 21.2. The Labute approximate surface area is 170 Å². The molecule has 0 radical (unpaired) electrons. The highest BCUT2D eigenvalue weighted by molar-refractivity contribution is 5.99. The fourth-order valence-corrected chi connectivity index (χ4v) is 3.83. The van der Waals surface area contributed by atoms with E-state index >= 15 is 0 Å². The Kier molecular flexibility index (Phi) is 5.47. The number of ether oxygens (including phenoxy) is 1. The van der Waals surface area contributed by atoms with Crippen molar-refractivity contribution in [3.8, 4) is 5.75 Å². The largest absolute Gasteiger partial charge is 0.495 e. The van der Waals surface area contributed by atoms with Gasteiger partial charge in [-0.05, 0) is 47.9 Å². The van der Waals surface area contributed by atoms with Gasteiger partial charge >= 0.3 is 0 Å². The third-order valence-corrected chi connectivity index (χ3v) is 5.51. The Morgan fingerprint density at radius 2 is 1.62 bits per heavy atom. The summed E-state index contributed by atoms with van der Waals surface area (Å²) in [4.78, 5) is 27.4. The number of carbonyl (C=O) groups excluding carboxylic acids is 2. The van der Waals surface area contributed by atoms with Gasteiger partial charge in [0.2, 0.25) is 5.91 Å². The number of hydrogen-bond acceptors (Lipinski definition) is 3. The number of carbonyl (C=O) groups is 2. The van der Waals surface area contributed by atoms with Crippen molar-refractivity contribution < 1.29 is 14.3 Å². The summed E-state index contributed by atoms with van der Waals surface area (Å²) in [7, 11) is 1.59. The van der Waals surface area contributed by atoms with Crippen molar-refractivity contribution in [1.82, 2.24) is 4.90 Å². The Morgan fingerprint density at radius 1 is 0.931 bits per heavy atom. The summed E-state index contributed by atoms with van der Waals surface area (Å²) >= 11 is 0. The summed E-state index contributed by atoms with van der Waals surface area (Å²) < 4.78 is 5.29. The van der Waals surface area contributed by atoms with Crippen LogP contribution in [0.5, 0.6) is 5.75 Å². The number of hydrogen-bond donors (Lipinski definition) is 1. The summed E-state index contributed by atoms with van der Waals surface area (Å²) in [6.45, 7) is 1.16. The van der Waals surface area contributed by atoms with Gasteiger partial charge in [0, 0.05) is 24.6 Å². The van der Waals surface area contributed by atoms with Gasteiger partial charge in [-0.25, -0.2) is 0 Å². The van der Waals surface area contributed by atoms with E-state index in [4.69, 9.17) is 4.74 Å². The quantitative estimate of drug-likeness (QED) is 0.723. The molecule has 0 atom stereocenters. The average Bonchev–Trinajstić information content (AvgIpc) is 2.78. The van der Waals surface area contributed by atoms with Crippen LogP contribution in [0.25, 0.3) is 10.8 Å². The second-order valence-corrected chi connectivity index (χ2v) is 7.32. The standard InChI is InChI=1S/C24H24N2O3/c1-29-22-9-5-4-8-21(22)25-23(27)18-12-14-26(15-13-18)24(28)20-11-10-17-6-2-3-7-19(17)16-20/h2-11,16,18H,12-15H2,1H3,(H,25,27). The van der Waals surface area contributed by atoms with Crippen molar-refractivity contribution >= 4 is 28.3 Å². The van der Waals surface area contributed by atoms with Crippen LogP contribution in [0.15, 0.2) is 66.7 Å². The van der Waals surface area contributed by atoms with Gasteiger partial charge in [-0.3, -0.25) is 9.59 Å². The van der Waals surface area contributed by atoms with Gasteiger partial charge in [-0.1, -0.05) is 42.5 Å². The smallest absolute Gasteiger partial charge is 0.253 e. The zero-order chi connectivity index (χ0) is 20.2. The van der Waals surface area contributed by atoms with E-state index in [1.54, 1.807) is 7.11 Å². The van der Waals surface area contributed by atoms with Crippen molar-refractivity contribution in [2.45, 2.75) is 12.8 Å². The molecule has 1 N–H and O–H groups in total. The second-order valence-electron chi connectivity index (χ2n) is 7.32. The number of nitrogens with zero attached hydrogens (tertiary/aromatic N) is 1. The minimum atomic E-state index is -0.111. The van der Waals surface area contributed by atoms with Crippen molar-refractivity contribution in [2.75, 3.05) is 25.5 Å². The molecule has 0 bridgehead atoms.